The molecule has 174 valence electrons. The first-order valence-electron chi connectivity index (χ1n) is 11.1. The van der Waals surface area contributed by atoms with Crippen LogP contribution < -0.4 is 10.9 Å². The van der Waals surface area contributed by atoms with Crippen molar-refractivity contribution in [2.45, 2.75) is 25.6 Å². The van der Waals surface area contributed by atoms with E-state index in [1.807, 2.05) is 42.5 Å². The van der Waals surface area contributed by atoms with Crippen LogP contribution in [0.15, 0.2) is 58.8 Å². The highest BCUT2D eigenvalue weighted by molar-refractivity contribution is 7.13. The molecule has 2 aromatic heterocycles. The van der Waals surface area contributed by atoms with Crippen molar-refractivity contribution in [3.05, 3.63) is 81.2 Å². The van der Waals surface area contributed by atoms with Gasteiger partial charge in [-0.25, -0.2) is 4.98 Å². The summed E-state index contributed by atoms with van der Waals surface area (Å²) in [6.07, 6.45) is 5.26. The summed E-state index contributed by atoms with van der Waals surface area (Å²) >= 11 is 1.28. The molecule has 1 saturated heterocycles. The van der Waals surface area contributed by atoms with E-state index in [0.717, 1.165) is 5.56 Å². The maximum atomic E-state index is 13.3. The summed E-state index contributed by atoms with van der Waals surface area (Å²) < 4.78 is 1.67. The van der Waals surface area contributed by atoms with Gasteiger partial charge in [-0.15, -0.1) is 11.3 Å². The van der Waals surface area contributed by atoms with Crippen LogP contribution in [0.2, 0.25) is 0 Å². The van der Waals surface area contributed by atoms with Crippen molar-refractivity contribution in [3.63, 3.8) is 0 Å². The minimum absolute atomic E-state index is 0.150. The van der Waals surface area contributed by atoms with E-state index in [1.165, 1.54) is 23.2 Å². The average Bonchev–Trinajstić information content (AvgIpc) is 3.54. The molecule has 9 heteroatoms. The van der Waals surface area contributed by atoms with Crippen molar-refractivity contribution in [2.24, 2.45) is 11.8 Å². The van der Waals surface area contributed by atoms with Crippen LogP contribution >= 0.6 is 11.3 Å². The minimum Gasteiger partial charge on any atom is -0.396 e. The lowest BCUT2D eigenvalue weighted by Gasteiger charge is -2.29. The maximum Gasteiger partial charge on any atom is 0.258 e. The number of anilines is 1. The zero-order valence-electron chi connectivity index (χ0n) is 18.5. The first kappa shape index (κ1) is 22.2. The number of hydrogen-bond donors (Lipinski definition) is 2. The number of carbonyl (C=O) groups is 2. The lowest BCUT2D eigenvalue weighted by Crippen LogP contribution is -2.47. The molecule has 8 nitrogen and oxygen atoms in total. The molecule has 2 aliphatic rings. The van der Waals surface area contributed by atoms with Crippen LogP contribution in [0, 0.1) is 11.8 Å². The topological polar surface area (TPSA) is 105 Å². The van der Waals surface area contributed by atoms with Crippen LogP contribution in [0.1, 0.15) is 29.8 Å². The van der Waals surface area contributed by atoms with Gasteiger partial charge < -0.3 is 19.9 Å². The molecule has 4 atom stereocenters. The number of carbonyl (C=O) groups excluding carboxylic acids is 2. The fraction of sp³-hybridized carbons (Fsp3) is 0.280. The van der Waals surface area contributed by atoms with Crippen molar-refractivity contribution in [1.82, 2.24) is 14.5 Å². The molecule has 0 radical (unpaired) electrons. The Labute approximate surface area is 200 Å². The van der Waals surface area contributed by atoms with Crippen LogP contribution in [0.3, 0.4) is 0 Å². The van der Waals surface area contributed by atoms with E-state index >= 15 is 0 Å². The van der Waals surface area contributed by atoms with Gasteiger partial charge in [-0.05, 0) is 23.8 Å². The fourth-order valence-corrected chi connectivity index (χ4v) is 5.74. The summed E-state index contributed by atoms with van der Waals surface area (Å²) in [5, 5.41) is 15.2. The van der Waals surface area contributed by atoms with Gasteiger partial charge in [-0.1, -0.05) is 36.4 Å². The third-order valence-electron chi connectivity index (χ3n) is 6.65. The maximum absolute atomic E-state index is 13.3. The number of fused-ring (bicyclic) bond motifs is 3. The number of aliphatic hydroxyl groups excluding tert-OH is 1. The molecule has 1 fully saturated rings. The number of aromatic nitrogens is 2. The number of benzene rings is 1. The largest absolute Gasteiger partial charge is 0.396 e. The van der Waals surface area contributed by atoms with Crippen LogP contribution in [0.25, 0.3) is 12.2 Å². The summed E-state index contributed by atoms with van der Waals surface area (Å²) in [6, 6.07) is 12.0. The Morgan fingerprint density at radius 1 is 1.21 bits per heavy atom. The molecule has 0 unspecified atom stereocenters. The first-order chi connectivity index (χ1) is 16.5. The van der Waals surface area contributed by atoms with Gasteiger partial charge in [0.05, 0.1) is 6.04 Å². The van der Waals surface area contributed by atoms with E-state index in [9.17, 15) is 19.5 Å². The van der Waals surface area contributed by atoms with Gasteiger partial charge in [0.1, 0.15) is 6.04 Å². The van der Waals surface area contributed by atoms with Crippen molar-refractivity contribution < 1.29 is 14.7 Å². The second-order valence-corrected chi connectivity index (χ2v) is 9.42. The number of nitrogens with zero attached hydrogens (tertiary/aromatic N) is 3. The lowest BCUT2D eigenvalue weighted by atomic mass is 9.88. The number of hydrogen-bond acceptors (Lipinski definition) is 6. The Balaban J connectivity index is 1.49. The molecule has 2 amide bonds. The van der Waals surface area contributed by atoms with E-state index in [4.69, 9.17) is 0 Å². The smallest absolute Gasteiger partial charge is 0.258 e. The monoisotopic (exact) mass is 476 g/mol. The Morgan fingerprint density at radius 3 is 2.68 bits per heavy atom. The third-order valence-corrected chi connectivity index (χ3v) is 7.34. The van der Waals surface area contributed by atoms with Crippen molar-refractivity contribution in [3.8, 4) is 0 Å². The molecule has 34 heavy (non-hydrogen) atoms. The highest BCUT2D eigenvalue weighted by atomic mass is 32.1. The molecular weight excluding hydrogens is 452 g/mol. The summed E-state index contributed by atoms with van der Waals surface area (Å²) in [5.41, 5.74) is 2.06. The zero-order chi connectivity index (χ0) is 23.8. The molecule has 5 rings (SSSR count). The third kappa shape index (κ3) is 3.76. The standard InChI is InChI=1S/C25H24N4O4S/c1-15(31)29-21-18(19(14-30)22(29)23(32)27-25-26-11-12-34-25)13-28-20(21)10-9-17(24(28)33)8-7-16-5-3-2-4-6-16/h2-12,18-19,21-22,30H,13-14H2,1H3,(H,26,27,32)/t18-,19-,21+,22-/m1/s1. The summed E-state index contributed by atoms with van der Waals surface area (Å²) in [6.45, 7) is 1.48. The van der Waals surface area contributed by atoms with Gasteiger partial charge in [-0.3, -0.25) is 14.4 Å². The number of thiazole rings is 1. The average molecular weight is 477 g/mol. The number of nitrogens with one attached hydrogen (secondary N) is 1. The minimum atomic E-state index is -0.845. The zero-order valence-corrected chi connectivity index (χ0v) is 19.3. The predicted octanol–water partition coefficient (Wildman–Crippen LogP) is 2.62. The molecule has 0 saturated carbocycles. The van der Waals surface area contributed by atoms with E-state index < -0.39 is 18.0 Å². The van der Waals surface area contributed by atoms with E-state index in [1.54, 1.807) is 28.3 Å². The first-order valence-corrected chi connectivity index (χ1v) is 11.9. The highest BCUT2D eigenvalue weighted by Crippen LogP contribution is 2.49. The number of aliphatic hydroxyl groups is 1. The molecule has 0 bridgehead atoms. The predicted molar refractivity (Wildman–Crippen MR) is 130 cm³/mol. The fourth-order valence-electron chi connectivity index (χ4n) is 5.21. The van der Waals surface area contributed by atoms with Crippen LogP contribution in [0.5, 0.6) is 0 Å². The molecule has 2 N–H and O–H groups in total. The normalized spacial score (nSPS) is 23.2. The highest BCUT2D eigenvalue weighted by Gasteiger charge is 2.56. The van der Waals surface area contributed by atoms with Gasteiger partial charge in [0.25, 0.3) is 5.56 Å². The van der Waals surface area contributed by atoms with Crippen LogP contribution in [0.4, 0.5) is 5.13 Å². The second kappa shape index (κ2) is 9.00. The lowest BCUT2D eigenvalue weighted by molar-refractivity contribution is -0.138. The Bertz CT molecular complexity index is 1300. The van der Waals surface area contributed by atoms with Crippen molar-refractivity contribution in [1.29, 1.82) is 0 Å². The summed E-state index contributed by atoms with van der Waals surface area (Å²) in [4.78, 5) is 44.8. The quantitative estimate of drug-likeness (QED) is 0.589. The van der Waals surface area contributed by atoms with Gasteiger partial charge in [-0.2, -0.15) is 0 Å². The van der Waals surface area contributed by atoms with E-state index in [-0.39, 0.29) is 29.9 Å². The summed E-state index contributed by atoms with van der Waals surface area (Å²) in [5.74, 6) is -1.41. The molecule has 0 spiro atoms. The Kier molecular flexibility index (Phi) is 5.89. The summed E-state index contributed by atoms with van der Waals surface area (Å²) in [7, 11) is 0. The number of rotatable bonds is 5. The second-order valence-electron chi connectivity index (χ2n) is 8.53. The van der Waals surface area contributed by atoms with Crippen LogP contribution in [-0.4, -0.2) is 44.0 Å². The van der Waals surface area contributed by atoms with Crippen LogP contribution in [-0.2, 0) is 16.1 Å². The van der Waals surface area contributed by atoms with Gasteiger partial charge in [0.2, 0.25) is 11.8 Å². The number of amides is 2. The molecular formula is C25H24N4O4S. The molecule has 2 aliphatic heterocycles. The molecule has 0 aliphatic carbocycles. The van der Waals surface area contributed by atoms with E-state index in [2.05, 4.69) is 10.3 Å². The number of likely N-dealkylation sites (tertiary alicyclic amines) is 1. The SMILES string of the molecule is CC(=O)N1[C@@H]2c3ccc(C=Cc4ccccc4)c(=O)n3C[C@@H]2[C@@H](CO)[C@@H]1C(=O)Nc1nccs1. The Morgan fingerprint density at radius 2 is 2.00 bits per heavy atom. The molecule has 1 aromatic carbocycles. The van der Waals surface area contributed by atoms with Gasteiger partial charge in [0.15, 0.2) is 5.13 Å². The van der Waals surface area contributed by atoms with Gasteiger partial charge in [0, 0.05) is 54.7 Å². The van der Waals surface area contributed by atoms with Gasteiger partial charge >= 0.3 is 0 Å². The number of pyridine rings is 1. The van der Waals surface area contributed by atoms with Crippen molar-refractivity contribution in [2.75, 3.05) is 11.9 Å². The Hall–Kier alpha value is -3.56. The molecule has 3 aromatic rings. The van der Waals surface area contributed by atoms with E-state index in [0.29, 0.717) is 22.9 Å². The molecule has 4 heterocycles. The van der Waals surface area contributed by atoms with Crippen molar-refractivity contribution >= 4 is 40.4 Å².